The third-order valence-corrected chi connectivity index (χ3v) is 3.26. The van der Waals surface area contributed by atoms with Gasteiger partial charge in [0.25, 0.3) is 0 Å². The number of ketones is 1. The van der Waals surface area contributed by atoms with Crippen LogP contribution in [0.15, 0.2) is 30.6 Å². The largest absolute Gasteiger partial charge is 0.388 e. The molecule has 4 nitrogen and oxygen atoms in total. The minimum absolute atomic E-state index is 0.292. The van der Waals surface area contributed by atoms with Gasteiger partial charge in [-0.3, -0.25) is 4.79 Å². The molecule has 0 saturated carbocycles. The molecule has 0 aliphatic heterocycles. The average molecular weight is 297 g/mol. The van der Waals surface area contributed by atoms with Crippen LogP contribution in [0.25, 0.3) is 0 Å². The summed E-state index contributed by atoms with van der Waals surface area (Å²) >= 11 is 11.8. The van der Waals surface area contributed by atoms with Crippen molar-refractivity contribution in [3.8, 4) is 0 Å². The number of halogens is 2. The molecule has 0 fully saturated rings. The van der Waals surface area contributed by atoms with Gasteiger partial charge in [-0.25, -0.2) is 9.97 Å². The normalized spacial score (nSPS) is 10.5. The highest BCUT2D eigenvalue weighted by molar-refractivity contribution is 6.42. The van der Waals surface area contributed by atoms with Gasteiger partial charge in [0, 0.05) is 18.8 Å². The molecule has 0 atom stereocenters. The molecule has 0 radical (unpaired) electrons. The summed E-state index contributed by atoms with van der Waals surface area (Å²) in [6.45, 7) is -0.546. The van der Waals surface area contributed by atoms with E-state index in [1.165, 1.54) is 12.4 Å². The Morgan fingerprint density at radius 1 is 1.16 bits per heavy atom. The fourth-order valence-corrected chi connectivity index (χ4v) is 1.83. The standard InChI is InChI=1S/C13H10Cl2N2O2/c14-10-2-1-8(3-11(10)15)4-13-16-5-9(6-17-13)12(19)7-18/h1-3,5-6,18H,4,7H2. The van der Waals surface area contributed by atoms with E-state index in [4.69, 9.17) is 28.3 Å². The summed E-state index contributed by atoms with van der Waals surface area (Å²) in [4.78, 5) is 19.4. The van der Waals surface area contributed by atoms with Crippen LogP contribution in [0, 0.1) is 0 Å². The summed E-state index contributed by atoms with van der Waals surface area (Å²) in [6.07, 6.45) is 3.29. The van der Waals surface area contributed by atoms with Gasteiger partial charge in [-0.15, -0.1) is 0 Å². The van der Waals surface area contributed by atoms with E-state index in [1.54, 1.807) is 12.1 Å². The Hall–Kier alpha value is -1.49. The van der Waals surface area contributed by atoms with Gasteiger partial charge < -0.3 is 5.11 Å². The molecule has 0 saturated heterocycles. The Labute approximate surface area is 120 Å². The number of carbonyl (C=O) groups excluding carboxylic acids is 1. The molecule has 1 aromatic carbocycles. The quantitative estimate of drug-likeness (QED) is 0.881. The lowest BCUT2D eigenvalue weighted by Crippen LogP contribution is -2.07. The number of benzene rings is 1. The van der Waals surface area contributed by atoms with Crippen molar-refractivity contribution in [2.24, 2.45) is 0 Å². The van der Waals surface area contributed by atoms with Crippen LogP contribution in [0.4, 0.5) is 0 Å². The van der Waals surface area contributed by atoms with E-state index in [9.17, 15) is 4.79 Å². The van der Waals surface area contributed by atoms with Crippen LogP contribution < -0.4 is 0 Å². The van der Waals surface area contributed by atoms with E-state index < -0.39 is 12.4 Å². The first-order chi connectivity index (χ1) is 9.10. The number of carbonyl (C=O) groups is 1. The summed E-state index contributed by atoms with van der Waals surface area (Å²) in [7, 11) is 0. The Kier molecular flexibility index (Phi) is 4.47. The number of hydrogen-bond acceptors (Lipinski definition) is 4. The Bertz CT molecular complexity index is 600. The number of rotatable bonds is 4. The first kappa shape index (κ1) is 13.9. The summed E-state index contributed by atoms with van der Waals surface area (Å²) in [5.74, 6) is 0.161. The molecular weight excluding hydrogens is 287 g/mol. The lowest BCUT2D eigenvalue weighted by molar-refractivity contribution is 0.0903. The van der Waals surface area contributed by atoms with Crippen LogP contribution >= 0.6 is 23.2 Å². The summed E-state index contributed by atoms with van der Waals surface area (Å²) in [5, 5.41) is 9.69. The zero-order valence-electron chi connectivity index (χ0n) is 9.81. The van der Waals surface area contributed by atoms with Crippen molar-refractivity contribution in [2.45, 2.75) is 6.42 Å². The van der Waals surface area contributed by atoms with Crippen molar-refractivity contribution in [3.05, 3.63) is 57.6 Å². The maximum absolute atomic E-state index is 11.2. The number of aromatic nitrogens is 2. The van der Waals surface area contributed by atoms with Crippen molar-refractivity contribution in [1.82, 2.24) is 9.97 Å². The van der Waals surface area contributed by atoms with Gasteiger partial charge in [-0.1, -0.05) is 29.3 Å². The number of aliphatic hydroxyl groups is 1. The highest BCUT2D eigenvalue weighted by atomic mass is 35.5. The third-order valence-electron chi connectivity index (χ3n) is 2.52. The lowest BCUT2D eigenvalue weighted by Gasteiger charge is -2.03. The van der Waals surface area contributed by atoms with Crippen LogP contribution in [0.2, 0.25) is 10.0 Å². The van der Waals surface area contributed by atoms with E-state index in [0.29, 0.717) is 27.9 Å². The first-order valence-corrected chi connectivity index (χ1v) is 6.24. The van der Waals surface area contributed by atoms with Gasteiger partial charge in [0.1, 0.15) is 12.4 Å². The maximum Gasteiger partial charge on any atom is 0.191 e. The van der Waals surface area contributed by atoms with Crippen molar-refractivity contribution in [3.63, 3.8) is 0 Å². The molecule has 0 spiro atoms. The maximum atomic E-state index is 11.2. The second kappa shape index (κ2) is 6.10. The second-order valence-electron chi connectivity index (χ2n) is 3.89. The van der Waals surface area contributed by atoms with Crippen molar-refractivity contribution in [1.29, 1.82) is 0 Å². The molecule has 2 rings (SSSR count). The molecule has 19 heavy (non-hydrogen) atoms. The minimum Gasteiger partial charge on any atom is -0.388 e. The molecule has 1 N–H and O–H groups in total. The van der Waals surface area contributed by atoms with E-state index in [-0.39, 0.29) is 0 Å². The predicted octanol–water partition coefficient (Wildman–Crippen LogP) is 2.55. The predicted molar refractivity (Wildman–Crippen MR) is 72.7 cm³/mol. The zero-order valence-corrected chi connectivity index (χ0v) is 11.3. The molecule has 0 bridgehead atoms. The SMILES string of the molecule is O=C(CO)c1cnc(Cc2ccc(Cl)c(Cl)c2)nc1. The topological polar surface area (TPSA) is 63.1 Å². The van der Waals surface area contributed by atoms with Gasteiger partial charge >= 0.3 is 0 Å². The van der Waals surface area contributed by atoms with E-state index in [2.05, 4.69) is 9.97 Å². The van der Waals surface area contributed by atoms with Crippen LogP contribution in [0.3, 0.4) is 0 Å². The Morgan fingerprint density at radius 2 is 1.84 bits per heavy atom. The molecule has 0 unspecified atom stereocenters. The van der Waals surface area contributed by atoms with Crippen LogP contribution in [-0.4, -0.2) is 27.5 Å². The fourth-order valence-electron chi connectivity index (χ4n) is 1.51. The van der Waals surface area contributed by atoms with Crippen molar-refractivity contribution < 1.29 is 9.90 Å². The zero-order chi connectivity index (χ0) is 13.8. The third kappa shape index (κ3) is 3.50. The Balaban J connectivity index is 2.15. The minimum atomic E-state index is -0.546. The Morgan fingerprint density at radius 3 is 2.42 bits per heavy atom. The highest BCUT2D eigenvalue weighted by Crippen LogP contribution is 2.23. The second-order valence-corrected chi connectivity index (χ2v) is 4.71. The van der Waals surface area contributed by atoms with E-state index in [1.807, 2.05) is 6.07 Å². The van der Waals surface area contributed by atoms with Crippen molar-refractivity contribution >= 4 is 29.0 Å². The van der Waals surface area contributed by atoms with Crippen LogP contribution in [0.5, 0.6) is 0 Å². The smallest absolute Gasteiger partial charge is 0.191 e. The molecule has 1 aromatic heterocycles. The van der Waals surface area contributed by atoms with Crippen molar-refractivity contribution in [2.75, 3.05) is 6.61 Å². The summed E-state index contributed by atoms with van der Waals surface area (Å²) < 4.78 is 0. The van der Waals surface area contributed by atoms with E-state index in [0.717, 1.165) is 5.56 Å². The number of aliphatic hydroxyl groups excluding tert-OH is 1. The number of nitrogens with zero attached hydrogens (tertiary/aromatic N) is 2. The molecule has 0 amide bonds. The van der Waals surface area contributed by atoms with Crippen LogP contribution in [0.1, 0.15) is 21.7 Å². The van der Waals surface area contributed by atoms with Crippen LogP contribution in [-0.2, 0) is 6.42 Å². The van der Waals surface area contributed by atoms with E-state index >= 15 is 0 Å². The number of hydrogen-bond donors (Lipinski definition) is 1. The highest BCUT2D eigenvalue weighted by Gasteiger charge is 2.07. The average Bonchev–Trinajstić information content (AvgIpc) is 2.43. The molecule has 0 aliphatic rings. The fraction of sp³-hybridized carbons (Fsp3) is 0.154. The van der Waals surface area contributed by atoms with Gasteiger partial charge in [-0.05, 0) is 17.7 Å². The molecular formula is C13H10Cl2N2O2. The van der Waals surface area contributed by atoms with Gasteiger partial charge in [-0.2, -0.15) is 0 Å². The van der Waals surface area contributed by atoms with Gasteiger partial charge in [0.2, 0.25) is 0 Å². The summed E-state index contributed by atoms with van der Waals surface area (Å²) in [6, 6.07) is 5.30. The first-order valence-electron chi connectivity index (χ1n) is 5.49. The monoisotopic (exact) mass is 296 g/mol. The van der Waals surface area contributed by atoms with Gasteiger partial charge in [0.05, 0.1) is 15.6 Å². The molecule has 98 valence electrons. The number of Topliss-reactive ketones (excluding diaryl/α,β-unsaturated/α-hetero) is 1. The molecule has 2 aromatic rings. The lowest BCUT2D eigenvalue weighted by atomic mass is 10.1. The molecule has 6 heteroatoms. The molecule has 1 heterocycles. The summed E-state index contributed by atoms with van der Waals surface area (Å²) in [5.41, 5.74) is 1.22. The van der Waals surface area contributed by atoms with Gasteiger partial charge in [0.15, 0.2) is 5.78 Å². The molecule has 0 aliphatic carbocycles.